The molecule has 0 N–H and O–H groups in total. The number of ketones is 1. The van der Waals surface area contributed by atoms with E-state index in [-0.39, 0.29) is 11.3 Å². The second-order valence-electron chi connectivity index (χ2n) is 6.58. The summed E-state index contributed by atoms with van der Waals surface area (Å²) >= 11 is 0. The molecular formula is C24H20FNO2. The van der Waals surface area contributed by atoms with Crippen LogP contribution in [0.3, 0.4) is 0 Å². The van der Waals surface area contributed by atoms with E-state index in [0.717, 1.165) is 23.0 Å². The van der Waals surface area contributed by atoms with Crippen molar-refractivity contribution in [2.75, 3.05) is 7.11 Å². The van der Waals surface area contributed by atoms with E-state index in [2.05, 4.69) is 35.8 Å². The van der Waals surface area contributed by atoms with Crippen molar-refractivity contribution in [2.24, 2.45) is 0 Å². The first-order valence-electron chi connectivity index (χ1n) is 9.19. The highest BCUT2D eigenvalue weighted by Gasteiger charge is 2.11. The molecule has 0 atom stereocenters. The van der Waals surface area contributed by atoms with Crippen LogP contribution >= 0.6 is 0 Å². The molecule has 0 saturated carbocycles. The molecule has 3 aromatic carbocycles. The Kier molecular flexibility index (Phi) is 4.70. The van der Waals surface area contributed by atoms with Gasteiger partial charge in [0, 0.05) is 34.4 Å². The van der Waals surface area contributed by atoms with E-state index in [1.807, 2.05) is 18.2 Å². The molecule has 28 heavy (non-hydrogen) atoms. The van der Waals surface area contributed by atoms with Crippen LogP contribution in [0.15, 0.2) is 66.7 Å². The summed E-state index contributed by atoms with van der Waals surface area (Å²) in [6.45, 7) is 3.01. The van der Waals surface area contributed by atoms with Gasteiger partial charge in [-0.2, -0.15) is 0 Å². The minimum Gasteiger partial charge on any atom is -0.497 e. The number of nitrogens with zero attached hydrogens (tertiary/aromatic N) is 1. The van der Waals surface area contributed by atoms with Crippen LogP contribution in [-0.4, -0.2) is 17.5 Å². The summed E-state index contributed by atoms with van der Waals surface area (Å²) in [5, 5.41) is 2.32. The maximum atomic E-state index is 14.1. The molecule has 0 saturated heterocycles. The van der Waals surface area contributed by atoms with Crippen LogP contribution in [0.5, 0.6) is 5.75 Å². The number of carbonyl (C=O) groups is 1. The summed E-state index contributed by atoms with van der Waals surface area (Å²) in [5.41, 5.74) is 3.28. The molecule has 0 aliphatic carbocycles. The fourth-order valence-corrected chi connectivity index (χ4v) is 3.60. The molecule has 0 amide bonds. The molecule has 0 spiro atoms. The zero-order chi connectivity index (χ0) is 19.7. The normalized spacial score (nSPS) is 11.5. The number of rotatable bonds is 5. The van der Waals surface area contributed by atoms with E-state index >= 15 is 0 Å². The lowest BCUT2D eigenvalue weighted by Gasteiger charge is -2.03. The molecule has 0 fully saturated rings. The van der Waals surface area contributed by atoms with Gasteiger partial charge in [-0.1, -0.05) is 30.3 Å². The molecule has 4 aromatic rings. The van der Waals surface area contributed by atoms with E-state index in [1.165, 1.54) is 36.2 Å². The number of hydrogen-bond acceptors (Lipinski definition) is 2. The molecule has 3 nitrogen and oxygen atoms in total. The smallest absolute Gasteiger partial charge is 0.188 e. The third-order valence-corrected chi connectivity index (χ3v) is 4.98. The van der Waals surface area contributed by atoms with E-state index in [0.29, 0.717) is 5.75 Å². The van der Waals surface area contributed by atoms with Crippen molar-refractivity contribution in [1.82, 2.24) is 4.57 Å². The molecule has 4 rings (SSSR count). The number of fused-ring (bicyclic) bond motifs is 3. The third kappa shape index (κ3) is 3.07. The zero-order valence-electron chi connectivity index (χ0n) is 15.8. The lowest BCUT2D eigenvalue weighted by molar-refractivity contribution is 0.104. The fourth-order valence-electron chi connectivity index (χ4n) is 3.60. The van der Waals surface area contributed by atoms with Crippen molar-refractivity contribution >= 4 is 33.7 Å². The predicted octanol–water partition coefficient (Wildman–Crippen LogP) is 5.86. The van der Waals surface area contributed by atoms with Gasteiger partial charge in [0.2, 0.25) is 0 Å². The average Bonchev–Trinajstić information content (AvgIpc) is 3.05. The van der Waals surface area contributed by atoms with Crippen LogP contribution in [0, 0.1) is 5.82 Å². The minimum absolute atomic E-state index is 0.0284. The van der Waals surface area contributed by atoms with Crippen LogP contribution in [0.2, 0.25) is 0 Å². The van der Waals surface area contributed by atoms with Crippen molar-refractivity contribution in [3.05, 3.63) is 83.7 Å². The Balaban J connectivity index is 1.70. The number of allylic oxidation sites excluding steroid dienone is 1. The van der Waals surface area contributed by atoms with Gasteiger partial charge < -0.3 is 9.30 Å². The number of ether oxygens (including phenoxy) is 1. The van der Waals surface area contributed by atoms with Gasteiger partial charge in [0.15, 0.2) is 5.78 Å². The molecule has 0 unspecified atom stereocenters. The second kappa shape index (κ2) is 7.31. The summed E-state index contributed by atoms with van der Waals surface area (Å²) < 4.78 is 21.3. The van der Waals surface area contributed by atoms with E-state index < -0.39 is 5.82 Å². The molecule has 0 aliphatic rings. The Labute approximate surface area is 162 Å². The van der Waals surface area contributed by atoms with Crippen molar-refractivity contribution in [1.29, 1.82) is 0 Å². The Morgan fingerprint density at radius 2 is 1.82 bits per heavy atom. The number of para-hydroxylation sites is 1. The first-order chi connectivity index (χ1) is 13.6. The van der Waals surface area contributed by atoms with Gasteiger partial charge in [-0.3, -0.25) is 4.79 Å². The van der Waals surface area contributed by atoms with Crippen molar-refractivity contribution < 1.29 is 13.9 Å². The third-order valence-electron chi connectivity index (χ3n) is 4.98. The van der Waals surface area contributed by atoms with Crippen LogP contribution in [-0.2, 0) is 6.54 Å². The Bertz CT molecular complexity index is 1220. The number of carbonyl (C=O) groups excluding carboxylic acids is 1. The highest BCUT2D eigenvalue weighted by Crippen LogP contribution is 2.30. The SMILES string of the molecule is CCn1c2ccccc2c2cc(C=CC(=O)c3ccc(OC)cc3F)ccc21. The quantitative estimate of drug-likeness (QED) is 0.324. The molecule has 1 heterocycles. The van der Waals surface area contributed by atoms with Gasteiger partial charge in [-0.25, -0.2) is 4.39 Å². The molecule has 4 heteroatoms. The minimum atomic E-state index is -0.588. The van der Waals surface area contributed by atoms with Crippen molar-refractivity contribution in [3.8, 4) is 5.75 Å². The summed E-state index contributed by atoms with van der Waals surface area (Å²) in [6, 6.07) is 18.6. The number of halogens is 1. The lowest BCUT2D eigenvalue weighted by Crippen LogP contribution is -1.99. The maximum absolute atomic E-state index is 14.1. The molecule has 0 radical (unpaired) electrons. The standard InChI is InChI=1S/C24H20FNO2/c1-3-26-22-7-5-4-6-18(22)20-14-16(8-12-23(20)26)9-13-24(27)19-11-10-17(28-2)15-21(19)25/h4-15H,3H2,1-2H3. The largest absolute Gasteiger partial charge is 0.497 e. The van der Waals surface area contributed by atoms with Gasteiger partial charge in [-0.15, -0.1) is 0 Å². The highest BCUT2D eigenvalue weighted by molar-refractivity contribution is 6.10. The van der Waals surface area contributed by atoms with Gasteiger partial charge in [0.1, 0.15) is 11.6 Å². The monoisotopic (exact) mass is 373 g/mol. The van der Waals surface area contributed by atoms with Crippen LogP contribution in [0.25, 0.3) is 27.9 Å². The van der Waals surface area contributed by atoms with E-state index in [9.17, 15) is 9.18 Å². The summed E-state index contributed by atoms with van der Waals surface area (Å²) in [6.07, 6.45) is 3.13. The maximum Gasteiger partial charge on any atom is 0.188 e. The van der Waals surface area contributed by atoms with E-state index in [4.69, 9.17) is 4.74 Å². The first kappa shape index (κ1) is 18.0. The highest BCUT2D eigenvalue weighted by atomic mass is 19.1. The van der Waals surface area contributed by atoms with Gasteiger partial charge in [-0.05, 0) is 48.9 Å². The molecular weight excluding hydrogens is 353 g/mol. The second-order valence-corrected chi connectivity index (χ2v) is 6.58. The topological polar surface area (TPSA) is 31.2 Å². The van der Waals surface area contributed by atoms with E-state index in [1.54, 1.807) is 12.1 Å². The molecule has 0 bridgehead atoms. The van der Waals surface area contributed by atoms with Crippen molar-refractivity contribution in [2.45, 2.75) is 13.5 Å². The number of methoxy groups -OCH3 is 1. The number of hydrogen-bond donors (Lipinski definition) is 0. The molecule has 1 aromatic heterocycles. The predicted molar refractivity (Wildman–Crippen MR) is 111 cm³/mol. The van der Waals surface area contributed by atoms with Crippen molar-refractivity contribution in [3.63, 3.8) is 0 Å². The summed E-state index contributed by atoms with van der Waals surface area (Å²) in [5.74, 6) is -0.581. The van der Waals surface area contributed by atoms with Crippen LogP contribution in [0.4, 0.5) is 4.39 Å². The summed E-state index contributed by atoms with van der Waals surface area (Å²) in [4.78, 5) is 12.4. The Morgan fingerprint density at radius 1 is 1.04 bits per heavy atom. The van der Waals surface area contributed by atoms with Gasteiger partial charge in [0.05, 0.1) is 12.7 Å². The fraction of sp³-hybridized carbons (Fsp3) is 0.125. The lowest BCUT2D eigenvalue weighted by atomic mass is 10.1. The van der Waals surface area contributed by atoms with Crippen LogP contribution in [0.1, 0.15) is 22.8 Å². The van der Waals surface area contributed by atoms with Gasteiger partial charge in [0.25, 0.3) is 0 Å². The average molecular weight is 373 g/mol. The number of aromatic nitrogens is 1. The number of aryl methyl sites for hydroxylation is 1. The number of benzene rings is 3. The zero-order valence-corrected chi connectivity index (χ0v) is 15.8. The van der Waals surface area contributed by atoms with Crippen LogP contribution < -0.4 is 4.74 Å². The van der Waals surface area contributed by atoms with Gasteiger partial charge >= 0.3 is 0 Å². The Hall–Kier alpha value is -3.40. The first-order valence-corrected chi connectivity index (χ1v) is 9.19. The molecule has 140 valence electrons. The summed E-state index contributed by atoms with van der Waals surface area (Å²) in [7, 11) is 1.46. The Morgan fingerprint density at radius 3 is 2.57 bits per heavy atom. The molecule has 0 aliphatic heterocycles.